The molecule has 0 saturated heterocycles. The number of hydrogen-bond donors (Lipinski definition) is 2. The molecule has 0 bridgehead atoms. The van der Waals surface area contributed by atoms with Crippen molar-refractivity contribution in [3.8, 4) is 0 Å². The molecule has 2 fully saturated rings. The molecule has 2 N–H and O–H groups in total. The van der Waals surface area contributed by atoms with Crippen LogP contribution in [-0.4, -0.2) is 25.2 Å². The summed E-state index contributed by atoms with van der Waals surface area (Å²) in [5.74, 6) is 1.67. The van der Waals surface area contributed by atoms with Crippen molar-refractivity contribution >= 4 is 0 Å². The minimum atomic E-state index is 0.239. The van der Waals surface area contributed by atoms with Gasteiger partial charge >= 0.3 is 0 Å². The van der Waals surface area contributed by atoms with Gasteiger partial charge in [0.1, 0.15) is 0 Å². The van der Waals surface area contributed by atoms with Gasteiger partial charge in [0.25, 0.3) is 0 Å². The predicted octanol–water partition coefficient (Wildman–Crippen LogP) is 6.78. The first-order valence-corrected chi connectivity index (χ1v) is 13.0. The highest BCUT2D eigenvalue weighted by molar-refractivity contribution is 5.46. The molecule has 3 rings (SSSR count). The Hall–Kier alpha value is -0.600. The molecule has 2 unspecified atom stereocenters. The summed E-state index contributed by atoms with van der Waals surface area (Å²) in [6, 6.07) is 1.14. The molecule has 0 aromatic heterocycles. The van der Waals surface area contributed by atoms with Crippen LogP contribution in [-0.2, 0) is 0 Å². The molecule has 0 aliphatic heterocycles. The number of rotatable bonds is 10. The second-order valence-corrected chi connectivity index (χ2v) is 10.4. The third-order valence-corrected chi connectivity index (χ3v) is 7.79. The average Bonchev–Trinajstić information content (AvgIpc) is 3.08. The highest BCUT2D eigenvalue weighted by atomic mass is 14.9. The standard InChI is InChI=1S/C27H48N2/c1-5-28-21(3)17-27(18-22(4)29-6-2)19-25(23-13-9-7-10-14-23)26(20-27)24-15-11-8-12-16-24/h19-24,28-29H,5-18H2,1-4H3. The first-order valence-electron chi connectivity index (χ1n) is 13.0. The molecule has 2 nitrogen and oxygen atoms in total. The third-order valence-electron chi connectivity index (χ3n) is 7.79. The van der Waals surface area contributed by atoms with Gasteiger partial charge in [-0.25, -0.2) is 0 Å². The number of hydrogen-bond acceptors (Lipinski definition) is 2. The van der Waals surface area contributed by atoms with Crippen LogP contribution in [0.2, 0.25) is 0 Å². The molecule has 0 spiro atoms. The fraction of sp³-hybridized carbons (Fsp3) is 0.852. The van der Waals surface area contributed by atoms with E-state index in [0.29, 0.717) is 12.1 Å². The Kier molecular flexibility index (Phi) is 8.86. The lowest BCUT2D eigenvalue weighted by atomic mass is 9.75. The maximum absolute atomic E-state index is 3.71. The quantitative estimate of drug-likeness (QED) is 0.422. The van der Waals surface area contributed by atoms with Gasteiger partial charge in [-0.3, -0.25) is 0 Å². The van der Waals surface area contributed by atoms with E-state index in [1.807, 2.05) is 0 Å². The van der Waals surface area contributed by atoms with Crippen LogP contribution in [0.25, 0.3) is 0 Å². The monoisotopic (exact) mass is 400 g/mol. The van der Waals surface area contributed by atoms with Crippen molar-refractivity contribution in [1.29, 1.82) is 0 Å². The summed E-state index contributed by atoms with van der Waals surface area (Å²) < 4.78 is 0. The summed E-state index contributed by atoms with van der Waals surface area (Å²) in [7, 11) is 0. The van der Waals surface area contributed by atoms with Crippen molar-refractivity contribution < 1.29 is 0 Å². The van der Waals surface area contributed by atoms with E-state index >= 15 is 0 Å². The zero-order valence-electron chi connectivity index (χ0n) is 19.9. The van der Waals surface area contributed by atoms with Gasteiger partial charge in [0, 0.05) is 17.5 Å². The third kappa shape index (κ3) is 6.20. The molecule has 29 heavy (non-hydrogen) atoms. The maximum atomic E-state index is 3.71. The molecule has 166 valence electrons. The molecular formula is C27H48N2. The lowest BCUT2D eigenvalue weighted by molar-refractivity contribution is 0.315. The van der Waals surface area contributed by atoms with Crippen molar-refractivity contribution in [2.24, 2.45) is 17.3 Å². The molecule has 0 amide bonds. The van der Waals surface area contributed by atoms with Crippen molar-refractivity contribution in [1.82, 2.24) is 10.6 Å². The molecule has 0 radical (unpaired) electrons. The minimum Gasteiger partial charge on any atom is -0.314 e. The Morgan fingerprint density at radius 2 is 1.10 bits per heavy atom. The van der Waals surface area contributed by atoms with E-state index in [1.165, 1.54) is 77.0 Å². The van der Waals surface area contributed by atoms with Gasteiger partial charge in [-0.05, 0) is 88.4 Å². The van der Waals surface area contributed by atoms with Gasteiger partial charge in [0.05, 0.1) is 0 Å². The van der Waals surface area contributed by atoms with Crippen molar-refractivity contribution in [3.63, 3.8) is 0 Å². The second-order valence-electron chi connectivity index (χ2n) is 10.4. The van der Waals surface area contributed by atoms with E-state index in [-0.39, 0.29) is 5.41 Å². The summed E-state index contributed by atoms with van der Waals surface area (Å²) in [5, 5.41) is 7.42. The van der Waals surface area contributed by atoms with E-state index in [4.69, 9.17) is 0 Å². The van der Waals surface area contributed by atoms with Gasteiger partial charge in [-0.1, -0.05) is 64.5 Å². The van der Waals surface area contributed by atoms with Gasteiger partial charge in [-0.15, -0.1) is 0 Å². The predicted molar refractivity (Wildman–Crippen MR) is 127 cm³/mol. The maximum Gasteiger partial charge on any atom is 0.0102 e. The molecule has 2 heteroatoms. The summed E-state index contributed by atoms with van der Waals surface area (Å²) in [6.07, 6.45) is 22.4. The second kappa shape index (κ2) is 11.1. The molecule has 3 aliphatic carbocycles. The van der Waals surface area contributed by atoms with Gasteiger partial charge in [0.15, 0.2) is 0 Å². The topological polar surface area (TPSA) is 24.1 Å². The highest BCUT2D eigenvalue weighted by Gasteiger charge is 2.39. The molecule has 0 aromatic carbocycles. The first kappa shape index (κ1) is 23.1. The molecule has 2 saturated carbocycles. The van der Waals surface area contributed by atoms with Gasteiger partial charge in [-0.2, -0.15) is 0 Å². The summed E-state index contributed by atoms with van der Waals surface area (Å²) in [4.78, 5) is 0. The van der Waals surface area contributed by atoms with Crippen LogP contribution in [0.1, 0.15) is 105 Å². The summed E-state index contributed by atoms with van der Waals surface area (Å²) in [6.45, 7) is 11.4. The van der Waals surface area contributed by atoms with Crippen molar-refractivity contribution in [2.75, 3.05) is 13.1 Å². The summed E-state index contributed by atoms with van der Waals surface area (Å²) in [5.41, 5.74) is 3.83. The Morgan fingerprint density at radius 1 is 0.724 bits per heavy atom. The molecule has 3 aliphatic rings. The fourth-order valence-electron chi connectivity index (χ4n) is 6.66. The smallest absolute Gasteiger partial charge is 0.0102 e. The van der Waals surface area contributed by atoms with Crippen LogP contribution >= 0.6 is 0 Å². The van der Waals surface area contributed by atoms with Crippen LogP contribution in [0, 0.1) is 17.3 Å². The van der Waals surface area contributed by atoms with E-state index in [0.717, 1.165) is 24.9 Å². The Bertz CT molecular complexity index is 499. The van der Waals surface area contributed by atoms with Gasteiger partial charge in [0.2, 0.25) is 0 Å². The largest absolute Gasteiger partial charge is 0.314 e. The van der Waals surface area contributed by atoms with E-state index < -0.39 is 0 Å². The van der Waals surface area contributed by atoms with Crippen molar-refractivity contribution in [3.05, 3.63) is 23.3 Å². The van der Waals surface area contributed by atoms with Crippen LogP contribution < -0.4 is 10.6 Å². The SMILES string of the molecule is CCNC(C)CC1(CC(C)NCC)C=C(C2CCCCC2)C(C2CCCCC2)=C1. The van der Waals surface area contributed by atoms with E-state index in [2.05, 4.69) is 50.5 Å². The lowest BCUT2D eigenvalue weighted by Gasteiger charge is -2.32. The lowest BCUT2D eigenvalue weighted by Crippen LogP contribution is -2.36. The average molecular weight is 401 g/mol. The van der Waals surface area contributed by atoms with Crippen molar-refractivity contribution in [2.45, 2.75) is 117 Å². The Balaban J connectivity index is 1.92. The normalized spacial score (nSPS) is 25.5. The van der Waals surface area contributed by atoms with Crippen LogP contribution in [0.4, 0.5) is 0 Å². The van der Waals surface area contributed by atoms with E-state index in [9.17, 15) is 0 Å². The first-order chi connectivity index (χ1) is 14.1. The number of nitrogens with one attached hydrogen (secondary N) is 2. The zero-order valence-corrected chi connectivity index (χ0v) is 19.9. The Labute approximate surface area is 181 Å². The fourth-order valence-corrected chi connectivity index (χ4v) is 6.66. The minimum absolute atomic E-state index is 0.239. The van der Waals surface area contributed by atoms with Gasteiger partial charge < -0.3 is 10.6 Å². The molecule has 2 atom stereocenters. The Morgan fingerprint density at radius 3 is 1.45 bits per heavy atom. The van der Waals surface area contributed by atoms with Crippen LogP contribution in [0.15, 0.2) is 23.3 Å². The van der Waals surface area contributed by atoms with E-state index in [1.54, 1.807) is 11.1 Å². The summed E-state index contributed by atoms with van der Waals surface area (Å²) >= 11 is 0. The number of allylic oxidation sites excluding steroid dienone is 4. The highest BCUT2D eigenvalue weighted by Crippen LogP contribution is 2.50. The van der Waals surface area contributed by atoms with Crippen LogP contribution in [0.3, 0.4) is 0 Å². The molecule has 0 aromatic rings. The zero-order chi connectivity index (χ0) is 20.7. The van der Waals surface area contributed by atoms with Crippen LogP contribution in [0.5, 0.6) is 0 Å². The molecular weight excluding hydrogens is 352 g/mol. The molecule has 0 heterocycles.